The van der Waals surface area contributed by atoms with Crippen molar-refractivity contribution in [3.63, 3.8) is 0 Å². The van der Waals surface area contributed by atoms with E-state index in [-0.39, 0.29) is 0 Å². The van der Waals surface area contributed by atoms with Gasteiger partial charge >= 0.3 is 0 Å². The quantitative estimate of drug-likeness (QED) is 0.113. The Morgan fingerprint density at radius 1 is 0.325 bits per heavy atom. The van der Waals surface area contributed by atoms with Crippen LogP contribution in [0.3, 0.4) is 0 Å². The van der Waals surface area contributed by atoms with Crippen molar-refractivity contribution in [3.8, 4) is 39.1 Å². The molecule has 3 heterocycles. The Bertz CT molecular complexity index is 5080. The fourth-order valence-electron chi connectivity index (χ4n) is 12.8. The van der Waals surface area contributed by atoms with E-state index >= 15 is 0 Å². The van der Waals surface area contributed by atoms with Crippen LogP contribution in [-0.4, -0.2) is 4.57 Å². The second-order valence-corrected chi connectivity index (χ2v) is 23.5. The topological polar surface area (TPSA) is 11.4 Å². The molecule has 83 heavy (non-hydrogen) atoms. The Hall–Kier alpha value is -10.3. The summed E-state index contributed by atoms with van der Waals surface area (Å²) in [6.45, 7) is 8.33. The summed E-state index contributed by atoms with van der Waals surface area (Å²) in [5, 5.41) is 10.3. The van der Waals surface area contributed by atoms with E-state index in [1.807, 2.05) is 34.8 Å². The van der Waals surface area contributed by atoms with Gasteiger partial charge in [-0.25, -0.2) is 0 Å². The highest BCUT2D eigenvalue weighted by Crippen LogP contribution is 2.52. The van der Waals surface area contributed by atoms with Crippen LogP contribution in [0, 0.1) is 0 Å². The van der Waals surface area contributed by atoms with Crippen LogP contribution < -0.4 is 9.80 Å². The minimum absolute atomic E-state index is 1.03. The Morgan fingerprint density at radius 2 is 0.867 bits per heavy atom. The molecular formula is C78H51N3S2. The van der Waals surface area contributed by atoms with Crippen molar-refractivity contribution in [2.45, 2.75) is 0 Å². The van der Waals surface area contributed by atoms with Crippen molar-refractivity contribution in [1.82, 2.24) is 4.57 Å². The summed E-state index contributed by atoms with van der Waals surface area (Å²) in [7, 11) is 0. The number of aromatic nitrogens is 1. The molecule has 16 rings (SSSR count). The van der Waals surface area contributed by atoms with Gasteiger partial charge in [0.1, 0.15) is 0 Å². The number of anilines is 6. The summed E-state index contributed by atoms with van der Waals surface area (Å²) >= 11 is 3.82. The minimum Gasteiger partial charge on any atom is -0.310 e. The molecule has 0 saturated heterocycles. The molecule has 0 unspecified atom stereocenters. The van der Waals surface area contributed by atoms with Crippen LogP contribution in [0.25, 0.3) is 124 Å². The van der Waals surface area contributed by atoms with Gasteiger partial charge < -0.3 is 14.4 Å². The molecule has 16 aromatic rings. The number of hydrogen-bond donors (Lipinski definition) is 0. The molecule has 390 valence electrons. The maximum absolute atomic E-state index is 4.16. The molecule has 0 aliphatic heterocycles. The first-order valence-corrected chi connectivity index (χ1v) is 29.7. The molecule has 0 radical (unpaired) electrons. The summed E-state index contributed by atoms with van der Waals surface area (Å²) in [6.07, 6.45) is 3.84. The fraction of sp³-hybridized carbons (Fsp3) is 0. The highest BCUT2D eigenvalue weighted by molar-refractivity contribution is 7.27. The molecular weight excluding hydrogens is 1040 g/mol. The van der Waals surface area contributed by atoms with E-state index in [2.05, 4.69) is 301 Å². The lowest BCUT2D eigenvalue weighted by molar-refractivity contribution is 1.19. The molecule has 13 aromatic carbocycles. The van der Waals surface area contributed by atoms with Crippen molar-refractivity contribution in [2.75, 3.05) is 9.80 Å². The third-order valence-electron chi connectivity index (χ3n) is 16.5. The van der Waals surface area contributed by atoms with Crippen LogP contribution in [0.4, 0.5) is 34.1 Å². The van der Waals surface area contributed by atoms with Gasteiger partial charge in [-0.05, 0) is 141 Å². The standard InChI is InChI=1S/C78H51N3S2/c1-3-50-21-19-31-60(41-50)79(58-27-13-7-14-28-58)62-43-57(44-63(48-62)80(59-29-15-8-16-30-59)61-32-20-22-51(4-2)42-61)55-36-39-66-68-45-56-37-40-67-75-71(49-69-65-33-17-18-34-72(65)82-77(67)69)81(76(74(56)75)78(68)83-73(66)47-55)70-46-54(52-23-9-5-10-24-52)35-38-64(70)53-25-11-6-12-26-53/h3-49H,1-2H2. The van der Waals surface area contributed by atoms with E-state index in [0.717, 1.165) is 62.1 Å². The first-order chi connectivity index (χ1) is 41.0. The molecule has 0 bridgehead atoms. The van der Waals surface area contributed by atoms with Crippen LogP contribution in [0.2, 0.25) is 0 Å². The van der Waals surface area contributed by atoms with Crippen molar-refractivity contribution in [3.05, 3.63) is 297 Å². The Kier molecular flexibility index (Phi) is 11.6. The Morgan fingerprint density at radius 3 is 1.53 bits per heavy atom. The van der Waals surface area contributed by atoms with Gasteiger partial charge in [0, 0.05) is 91.5 Å². The molecule has 0 saturated carbocycles. The van der Waals surface area contributed by atoms with Crippen molar-refractivity contribution < 1.29 is 0 Å². The summed E-state index contributed by atoms with van der Waals surface area (Å²) in [5.74, 6) is 0. The normalized spacial score (nSPS) is 11.7. The molecule has 0 spiro atoms. The van der Waals surface area contributed by atoms with Gasteiger partial charge in [0.2, 0.25) is 0 Å². The van der Waals surface area contributed by atoms with Gasteiger partial charge in [-0.1, -0.05) is 201 Å². The van der Waals surface area contributed by atoms with Crippen LogP contribution in [-0.2, 0) is 0 Å². The number of nitrogens with zero attached hydrogens (tertiary/aromatic N) is 3. The summed E-state index contributed by atoms with van der Waals surface area (Å²) < 4.78 is 7.78. The predicted molar refractivity (Wildman–Crippen MR) is 361 cm³/mol. The lowest BCUT2D eigenvalue weighted by Gasteiger charge is -2.30. The third-order valence-corrected chi connectivity index (χ3v) is 18.9. The smallest absolute Gasteiger partial charge is 0.0726 e. The highest BCUT2D eigenvalue weighted by atomic mass is 32.1. The maximum atomic E-state index is 4.16. The van der Waals surface area contributed by atoms with Gasteiger partial charge in [-0.2, -0.15) is 0 Å². The number of thiophene rings is 2. The fourth-order valence-corrected chi connectivity index (χ4v) is 15.2. The van der Waals surface area contributed by atoms with Crippen molar-refractivity contribution in [2.24, 2.45) is 0 Å². The Balaban J connectivity index is 0.980. The van der Waals surface area contributed by atoms with Crippen LogP contribution in [0.5, 0.6) is 0 Å². The predicted octanol–water partition coefficient (Wildman–Crippen LogP) is 23.3. The van der Waals surface area contributed by atoms with Gasteiger partial charge in [0.05, 0.1) is 21.4 Å². The van der Waals surface area contributed by atoms with Gasteiger partial charge in [-0.15, -0.1) is 22.7 Å². The van der Waals surface area contributed by atoms with Crippen LogP contribution in [0.15, 0.2) is 286 Å². The second-order valence-electron chi connectivity index (χ2n) is 21.3. The van der Waals surface area contributed by atoms with E-state index in [1.54, 1.807) is 0 Å². The minimum atomic E-state index is 1.03. The zero-order chi connectivity index (χ0) is 55.1. The van der Waals surface area contributed by atoms with Gasteiger partial charge in [0.25, 0.3) is 0 Å². The number of para-hydroxylation sites is 2. The lowest BCUT2D eigenvalue weighted by Crippen LogP contribution is -2.13. The van der Waals surface area contributed by atoms with Crippen LogP contribution >= 0.6 is 22.7 Å². The second kappa shape index (κ2) is 19.8. The molecule has 0 amide bonds. The molecule has 5 heteroatoms. The van der Waals surface area contributed by atoms with Crippen LogP contribution in [0.1, 0.15) is 11.1 Å². The van der Waals surface area contributed by atoms with Gasteiger partial charge in [-0.3, -0.25) is 0 Å². The van der Waals surface area contributed by atoms with Gasteiger partial charge in [0.15, 0.2) is 0 Å². The number of benzene rings is 13. The third kappa shape index (κ3) is 8.07. The van der Waals surface area contributed by atoms with E-state index in [0.29, 0.717) is 0 Å². The first kappa shape index (κ1) is 48.6. The first-order valence-electron chi connectivity index (χ1n) is 28.1. The van der Waals surface area contributed by atoms with E-state index in [9.17, 15) is 0 Å². The summed E-state index contributed by atoms with van der Waals surface area (Å²) in [6, 6.07) is 100. The molecule has 0 fully saturated rings. The summed E-state index contributed by atoms with van der Waals surface area (Å²) in [4.78, 5) is 4.73. The van der Waals surface area contributed by atoms with E-state index in [1.165, 1.54) is 95.2 Å². The summed E-state index contributed by atoms with van der Waals surface area (Å²) in [5.41, 5.74) is 18.9. The van der Waals surface area contributed by atoms with Crippen molar-refractivity contribution >= 4 is 142 Å². The van der Waals surface area contributed by atoms with E-state index in [4.69, 9.17) is 0 Å². The largest absolute Gasteiger partial charge is 0.310 e. The molecule has 0 N–H and O–H groups in total. The average molecular weight is 1090 g/mol. The SMILES string of the molecule is C=Cc1cccc(N(c2ccccc2)c2cc(-c3ccc4c(c3)sc3c4cc4ccc5c6sc7ccccc7c6cc6c5c4c3n6-c3cc(-c4ccccc4)ccc3-c3ccccc3)cc(N(c3ccccc3)c3cccc(C=C)c3)c2)c1. The maximum Gasteiger partial charge on any atom is 0.0726 e. The van der Waals surface area contributed by atoms with Crippen molar-refractivity contribution in [1.29, 1.82) is 0 Å². The zero-order valence-corrected chi connectivity index (χ0v) is 46.8. The lowest BCUT2D eigenvalue weighted by atomic mass is 9.97. The molecule has 0 aliphatic rings. The number of fused-ring (bicyclic) bond motifs is 8. The average Bonchev–Trinajstić information content (AvgIpc) is 2.53. The Labute approximate surface area is 489 Å². The molecule has 0 atom stereocenters. The zero-order valence-electron chi connectivity index (χ0n) is 45.2. The monoisotopic (exact) mass is 1090 g/mol. The highest BCUT2D eigenvalue weighted by Gasteiger charge is 2.27. The molecule has 3 aromatic heterocycles. The molecule has 0 aliphatic carbocycles. The van der Waals surface area contributed by atoms with E-state index < -0.39 is 0 Å². The number of hydrogen-bond acceptors (Lipinski definition) is 4. The number of rotatable bonds is 12. The molecule has 3 nitrogen and oxygen atoms in total.